The number of rotatable bonds is 6. The van der Waals surface area contributed by atoms with Gasteiger partial charge in [0.2, 0.25) is 5.49 Å². The van der Waals surface area contributed by atoms with Crippen molar-refractivity contribution in [2.75, 3.05) is 6.61 Å². The van der Waals surface area contributed by atoms with Crippen molar-refractivity contribution in [3.63, 3.8) is 0 Å². The summed E-state index contributed by atoms with van der Waals surface area (Å²) in [6.45, 7) is 7.40. The lowest BCUT2D eigenvalue weighted by Gasteiger charge is -2.22. The Morgan fingerprint density at radius 1 is 1.38 bits per heavy atom. The van der Waals surface area contributed by atoms with Crippen LogP contribution in [0.3, 0.4) is 0 Å². The van der Waals surface area contributed by atoms with Crippen molar-refractivity contribution in [1.82, 2.24) is 8.75 Å². The number of esters is 1. The van der Waals surface area contributed by atoms with Gasteiger partial charge in [0.15, 0.2) is 17.2 Å². The Kier molecular flexibility index (Phi) is 6.38. The lowest BCUT2D eigenvalue weighted by molar-refractivity contribution is -0.156. The molecule has 1 heterocycles. The van der Waals surface area contributed by atoms with Crippen LogP contribution in [0, 0.1) is 0 Å². The van der Waals surface area contributed by atoms with E-state index in [4.69, 9.17) is 9.47 Å². The molecule has 2 rings (SSSR count). The topological polar surface area (TPSA) is 120 Å². The molecule has 0 fully saturated rings. The van der Waals surface area contributed by atoms with E-state index in [-0.39, 0.29) is 23.5 Å². The Balaban J connectivity index is 2.38. The van der Waals surface area contributed by atoms with E-state index in [1.54, 1.807) is 39.8 Å². The number of phenols is 1. The molecule has 0 aliphatic carbocycles. The first kappa shape index (κ1) is 19.9. The number of aromatic amines is 1. The minimum Gasteiger partial charge on any atom is -0.548 e. The van der Waals surface area contributed by atoms with Gasteiger partial charge in [-0.25, -0.2) is 9.79 Å². The fourth-order valence-electron chi connectivity index (χ4n) is 2.14. The molecule has 1 unspecified atom stereocenters. The summed E-state index contributed by atoms with van der Waals surface area (Å²) in [6, 6.07) is 5.58. The number of nitrogens with one attached hydrogen (secondary N) is 1. The summed E-state index contributed by atoms with van der Waals surface area (Å²) in [4.78, 5) is 16.9. The number of aromatic nitrogens is 2. The van der Waals surface area contributed by atoms with E-state index in [1.807, 2.05) is 0 Å². The number of nitrogens with zero attached hydrogens (tertiary/aromatic N) is 2. The molecule has 1 aromatic heterocycles. The average molecular weight is 381 g/mol. The molecule has 0 bridgehead atoms. The number of benzene rings is 1. The lowest BCUT2D eigenvalue weighted by Crippen LogP contribution is -2.33. The Morgan fingerprint density at radius 3 is 2.62 bits per heavy atom. The van der Waals surface area contributed by atoms with Gasteiger partial charge in [-0.15, -0.1) is 4.37 Å². The molecule has 0 amide bonds. The van der Waals surface area contributed by atoms with Crippen LogP contribution < -0.4 is 10.2 Å². The van der Waals surface area contributed by atoms with Crippen molar-refractivity contribution in [1.29, 1.82) is 0 Å². The number of carbonyl (C=O) groups is 1. The zero-order valence-electron chi connectivity index (χ0n) is 15.2. The third kappa shape index (κ3) is 5.85. The number of ether oxygens (including phenoxy) is 2. The number of H-pyrrole nitrogens is 1. The molecule has 9 heteroatoms. The quantitative estimate of drug-likeness (QED) is 0.584. The van der Waals surface area contributed by atoms with Crippen molar-refractivity contribution in [2.45, 2.75) is 45.8 Å². The molecule has 0 radical (unpaired) electrons. The maximum absolute atomic E-state index is 12.6. The van der Waals surface area contributed by atoms with Crippen LogP contribution in [0.5, 0.6) is 11.6 Å². The Morgan fingerprint density at radius 2 is 2.04 bits per heavy atom. The molecule has 1 aromatic carbocycles. The van der Waals surface area contributed by atoms with Gasteiger partial charge in [-0.3, -0.25) is 0 Å². The van der Waals surface area contributed by atoms with Gasteiger partial charge in [-0.2, -0.15) is 0 Å². The highest BCUT2D eigenvalue weighted by atomic mass is 32.2. The molecule has 2 atom stereocenters. The first-order valence-corrected chi connectivity index (χ1v) is 9.27. The van der Waals surface area contributed by atoms with Gasteiger partial charge in [-0.05, 0) is 45.4 Å². The molecule has 0 saturated heterocycles. The smallest absolute Gasteiger partial charge is 0.331 e. The standard InChI is InChI=1S/C17H23N3O5S/c1-5-24-15-14(19-26(23)20-15)18-13(16(22)25-17(2,3)4)10-11-6-8-12(21)9-7-11/h6-9,13,21H,5,10H2,1-4H3,(H,18,19)/t13-,26?/m0/s1. The SMILES string of the molecule is CCOc1n[s+]([O-])[nH]c1=N[C@@H](Cc1ccc(O)cc1)C(=O)OC(C)(C)C. The van der Waals surface area contributed by atoms with Crippen LogP contribution in [0.2, 0.25) is 0 Å². The van der Waals surface area contributed by atoms with E-state index in [1.165, 1.54) is 12.1 Å². The van der Waals surface area contributed by atoms with E-state index in [9.17, 15) is 14.5 Å². The van der Waals surface area contributed by atoms with Gasteiger partial charge >= 0.3 is 11.8 Å². The highest BCUT2D eigenvalue weighted by Crippen LogP contribution is 2.16. The number of hydrogen-bond donors (Lipinski definition) is 2. The number of hydrogen-bond acceptors (Lipinski definition) is 7. The van der Waals surface area contributed by atoms with Crippen LogP contribution in [0.1, 0.15) is 33.3 Å². The van der Waals surface area contributed by atoms with Gasteiger partial charge in [0.25, 0.3) is 0 Å². The molecule has 8 nitrogen and oxygen atoms in total. The normalized spacial score (nSPS) is 14.2. The van der Waals surface area contributed by atoms with E-state index >= 15 is 0 Å². The van der Waals surface area contributed by atoms with Crippen molar-refractivity contribution >= 4 is 17.1 Å². The summed E-state index contributed by atoms with van der Waals surface area (Å²) < 4.78 is 28.8. The van der Waals surface area contributed by atoms with E-state index in [0.717, 1.165) is 5.56 Å². The van der Waals surface area contributed by atoms with Gasteiger partial charge in [0.05, 0.1) is 6.61 Å². The minimum atomic E-state index is -1.69. The highest BCUT2D eigenvalue weighted by molar-refractivity contribution is 7.13. The molecule has 0 saturated carbocycles. The summed E-state index contributed by atoms with van der Waals surface area (Å²) >= 11 is -1.69. The third-order valence-electron chi connectivity index (χ3n) is 3.16. The third-order valence-corrected chi connectivity index (χ3v) is 3.86. The maximum atomic E-state index is 12.6. The molecule has 0 aliphatic rings. The predicted molar refractivity (Wildman–Crippen MR) is 95.4 cm³/mol. The van der Waals surface area contributed by atoms with E-state index in [0.29, 0.717) is 6.61 Å². The van der Waals surface area contributed by atoms with Gasteiger partial charge in [0.1, 0.15) is 11.4 Å². The summed E-state index contributed by atoms with van der Waals surface area (Å²) in [6.07, 6.45) is 0.242. The van der Waals surface area contributed by atoms with Crippen molar-refractivity contribution < 1.29 is 23.9 Å². The summed E-state index contributed by atoms with van der Waals surface area (Å²) in [5.41, 5.74) is 0.268. The molecule has 2 aromatic rings. The second kappa shape index (κ2) is 8.33. The first-order valence-electron chi connectivity index (χ1n) is 8.17. The maximum Gasteiger partial charge on any atom is 0.331 e. The molecule has 142 valence electrons. The molecular weight excluding hydrogens is 358 g/mol. The van der Waals surface area contributed by atoms with Crippen LogP contribution in [0.4, 0.5) is 0 Å². The second-order valence-electron chi connectivity index (χ2n) is 6.58. The van der Waals surface area contributed by atoms with Gasteiger partial charge in [-0.1, -0.05) is 12.1 Å². The van der Waals surface area contributed by atoms with Crippen LogP contribution >= 0.6 is 11.1 Å². The zero-order valence-corrected chi connectivity index (χ0v) is 16.0. The largest absolute Gasteiger partial charge is 0.548 e. The second-order valence-corrected chi connectivity index (χ2v) is 7.46. The zero-order chi connectivity index (χ0) is 19.3. The van der Waals surface area contributed by atoms with E-state index < -0.39 is 28.8 Å². The van der Waals surface area contributed by atoms with Crippen molar-refractivity contribution in [3.8, 4) is 11.6 Å². The summed E-state index contributed by atoms with van der Waals surface area (Å²) in [7, 11) is 0. The number of carbonyl (C=O) groups excluding carboxylic acids is 1. The fourth-order valence-corrected chi connectivity index (χ4v) is 2.78. The molecule has 2 N–H and O–H groups in total. The van der Waals surface area contributed by atoms with Crippen LogP contribution in [0.25, 0.3) is 0 Å². The van der Waals surface area contributed by atoms with E-state index in [2.05, 4.69) is 13.7 Å². The summed E-state index contributed by atoms with van der Waals surface area (Å²) in [5, 5.41) is 9.41. The Labute approximate surface area is 154 Å². The Hall–Kier alpha value is -2.39. The highest BCUT2D eigenvalue weighted by Gasteiger charge is 2.26. The number of aromatic hydroxyl groups is 1. The average Bonchev–Trinajstić information content (AvgIpc) is 2.87. The minimum absolute atomic E-state index is 0.102. The first-order chi connectivity index (χ1) is 12.2. The Bertz CT molecular complexity index is 805. The predicted octanol–water partition coefficient (Wildman–Crippen LogP) is 2.10. The number of phenolic OH excluding ortho intramolecular Hbond substituents is 1. The van der Waals surface area contributed by atoms with Crippen molar-refractivity contribution in [3.05, 3.63) is 35.3 Å². The fraction of sp³-hybridized carbons (Fsp3) is 0.471. The van der Waals surface area contributed by atoms with Crippen LogP contribution in [-0.4, -0.2) is 42.6 Å². The van der Waals surface area contributed by atoms with Crippen LogP contribution in [-0.2, 0) is 16.0 Å². The van der Waals surface area contributed by atoms with Crippen molar-refractivity contribution in [2.24, 2.45) is 4.99 Å². The lowest BCUT2D eigenvalue weighted by atomic mass is 10.1. The molecule has 0 aliphatic heterocycles. The van der Waals surface area contributed by atoms with Gasteiger partial charge in [0, 0.05) is 10.8 Å². The monoisotopic (exact) mass is 381 g/mol. The molecule has 0 spiro atoms. The summed E-state index contributed by atoms with van der Waals surface area (Å²) in [5.74, 6) is -0.286. The van der Waals surface area contributed by atoms with Crippen LogP contribution in [0.15, 0.2) is 29.3 Å². The molecule has 26 heavy (non-hydrogen) atoms. The molecular formula is C17H23N3O5S. The van der Waals surface area contributed by atoms with Gasteiger partial charge < -0.3 is 19.1 Å².